The zero-order valence-corrected chi connectivity index (χ0v) is 71.9. The lowest BCUT2D eigenvalue weighted by molar-refractivity contribution is 0.590. The van der Waals surface area contributed by atoms with Crippen LogP contribution in [-0.4, -0.2) is 13.4 Å². The smallest absolute Gasteiger partial charge is 0.252 e. The fourth-order valence-electron chi connectivity index (χ4n) is 19.1. The third-order valence-corrected chi connectivity index (χ3v) is 25.7. The molecule has 0 aromatic heterocycles. The van der Waals surface area contributed by atoms with Gasteiger partial charge >= 0.3 is 0 Å². The molecule has 0 aliphatic carbocycles. The highest BCUT2D eigenvalue weighted by Gasteiger charge is 2.47. The Morgan fingerprint density at radius 1 is 0.164 bits per heavy atom. The Kier molecular flexibility index (Phi) is 19.1. The molecule has 122 heavy (non-hydrogen) atoms. The predicted molar refractivity (Wildman–Crippen MR) is 526 cm³/mol. The van der Waals surface area contributed by atoms with Crippen molar-refractivity contribution in [2.45, 2.75) is 105 Å². The number of hydrogen-bond acceptors (Lipinski definition) is 4. The van der Waals surface area contributed by atoms with Crippen LogP contribution in [0.2, 0.25) is 0 Å². The van der Waals surface area contributed by atoms with Crippen LogP contribution in [0, 0.1) is 0 Å². The van der Waals surface area contributed by atoms with E-state index in [1.807, 2.05) is 0 Å². The summed E-state index contributed by atoms with van der Waals surface area (Å²) in [5.41, 5.74) is 42.1. The lowest BCUT2D eigenvalue weighted by atomic mass is 9.33. The molecule has 0 spiro atoms. The van der Waals surface area contributed by atoms with Crippen LogP contribution in [0.5, 0.6) is 0 Å². The van der Waals surface area contributed by atoms with Gasteiger partial charge in [-0.1, -0.05) is 368 Å². The summed E-state index contributed by atoms with van der Waals surface area (Å²) < 4.78 is 0. The van der Waals surface area contributed by atoms with Crippen molar-refractivity contribution < 1.29 is 0 Å². The molecule has 0 amide bonds. The van der Waals surface area contributed by atoms with Gasteiger partial charge in [-0.2, -0.15) is 0 Å². The van der Waals surface area contributed by atoms with E-state index < -0.39 is 0 Å². The van der Waals surface area contributed by atoms with Gasteiger partial charge in [0.1, 0.15) is 0 Å². The summed E-state index contributed by atoms with van der Waals surface area (Å²) in [6.07, 6.45) is 0. The van der Waals surface area contributed by atoms with Gasteiger partial charge in [-0.05, 0) is 257 Å². The van der Waals surface area contributed by atoms with Gasteiger partial charge in [0.2, 0.25) is 0 Å². The van der Waals surface area contributed by atoms with Crippen molar-refractivity contribution in [1.29, 1.82) is 0 Å². The maximum atomic E-state index is 2.55. The van der Waals surface area contributed by atoms with Crippen molar-refractivity contribution in [3.05, 3.63) is 411 Å². The number of nitrogens with zero attached hydrogens (tertiary/aromatic N) is 4. The van der Waals surface area contributed by atoms with Crippen molar-refractivity contribution in [3.63, 3.8) is 0 Å². The standard InChI is InChI=1S/C60H51BN2.C56H49BN2/c1-59(2,3)48-26-31-51(32-27-48)63-55-34-28-49(60(4,5)6)39-53(55)61-52-36-46(41-17-11-8-12-18-41)25-33-54(52)62(50-29-23-43(24-30-50)40-15-9-7-10-16-40)56-37-47(38-57(63)58(56)61)45-22-21-42-19-13-14-20-44(42)35-45;1-55(2,3)44-25-30-47(31-26-44)59-51-33-27-45(56(4,5)6)37-49(51)57-48-34-42(39-18-12-8-13-19-39)24-32-50(48)58(46-28-22-41(23-29-46)38-16-10-7-11-17-38)52-35-43(36-53(59)54(52)57)40-20-14-9-15-21-40/h7-39H,1-6H3;7-37H,1-6H3. The van der Waals surface area contributed by atoms with Crippen LogP contribution in [-0.2, 0) is 21.7 Å². The second-order valence-corrected chi connectivity index (χ2v) is 37.7. The van der Waals surface area contributed by atoms with Gasteiger partial charge in [0.15, 0.2) is 0 Å². The summed E-state index contributed by atoms with van der Waals surface area (Å²) in [7, 11) is 0. The predicted octanol–water partition coefficient (Wildman–Crippen LogP) is 27.9. The van der Waals surface area contributed by atoms with Crippen molar-refractivity contribution in [1.82, 2.24) is 0 Å². The molecule has 4 aliphatic heterocycles. The van der Waals surface area contributed by atoms with Gasteiger partial charge in [0.25, 0.3) is 13.4 Å². The molecule has 0 saturated heterocycles. The van der Waals surface area contributed by atoms with E-state index in [0.717, 1.165) is 22.7 Å². The molecule has 17 aromatic carbocycles. The Bertz CT molecular complexity index is 6820. The van der Waals surface area contributed by atoms with Crippen molar-refractivity contribution in [2.24, 2.45) is 0 Å². The Labute approximate surface area is 721 Å². The Morgan fingerprint density at radius 3 is 0.721 bits per heavy atom. The van der Waals surface area contributed by atoms with E-state index in [0.29, 0.717) is 0 Å². The average Bonchev–Trinajstić information content (AvgIpc) is 0.697. The highest BCUT2D eigenvalue weighted by atomic mass is 15.2. The first kappa shape index (κ1) is 77.0. The molecule has 4 heterocycles. The topological polar surface area (TPSA) is 13.0 Å². The minimum absolute atomic E-state index is 0.00530. The van der Waals surface area contributed by atoms with Crippen molar-refractivity contribution in [2.75, 3.05) is 19.6 Å². The van der Waals surface area contributed by atoms with Gasteiger partial charge in [-0.15, -0.1) is 0 Å². The number of rotatable bonds is 10. The minimum Gasteiger partial charge on any atom is -0.311 e. The molecule has 590 valence electrons. The largest absolute Gasteiger partial charge is 0.311 e. The SMILES string of the molecule is CC(C)(C)c1ccc(N2c3ccc(C(C)(C)C)cc3B3c4cc(-c5ccccc5)ccc4N(c4ccc(-c5ccccc5)cc4)c4cc(-c5ccc6ccccc6c5)cc2c43)cc1.CC(C)(C)c1ccc(N2c3ccc(C(C)(C)C)cc3B3c4cc(-c5ccccc5)ccc4N(c4ccc(-c5ccccc5)cc4)c4cc(-c5ccccc5)cc2c43)cc1. The average molecular weight is 1570 g/mol. The van der Waals surface area contributed by atoms with E-state index in [9.17, 15) is 0 Å². The van der Waals surface area contributed by atoms with Gasteiger partial charge in [-0.3, -0.25) is 0 Å². The van der Waals surface area contributed by atoms with Gasteiger partial charge in [0.05, 0.1) is 0 Å². The third-order valence-electron chi connectivity index (χ3n) is 25.7. The second-order valence-electron chi connectivity index (χ2n) is 37.7. The van der Waals surface area contributed by atoms with Crippen LogP contribution < -0.4 is 52.4 Å². The molecule has 0 unspecified atom stereocenters. The summed E-state index contributed by atoms with van der Waals surface area (Å²) in [5.74, 6) is 0. The maximum absolute atomic E-state index is 2.55. The van der Waals surface area contributed by atoms with Crippen molar-refractivity contribution in [3.8, 4) is 66.8 Å². The van der Waals surface area contributed by atoms with E-state index in [-0.39, 0.29) is 35.1 Å². The molecule has 0 saturated carbocycles. The molecule has 6 heteroatoms. The number of fused-ring (bicyclic) bond motifs is 9. The van der Waals surface area contributed by atoms with Gasteiger partial charge in [-0.25, -0.2) is 0 Å². The first-order valence-electron chi connectivity index (χ1n) is 43.3. The second kappa shape index (κ2) is 30.2. The lowest BCUT2D eigenvalue weighted by Crippen LogP contribution is -2.61. The molecule has 4 aliphatic rings. The fraction of sp³-hybridized carbons (Fsp3) is 0.138. The fourth-order valence-corrected chi connectivity index (χ4v) is 19.1. The third kappa shape index (κ3) is 14.0. The van der Waals surface area contributed by atoms with Crippen LogP contribution in [0.4, 0.5) is 68.2 Å². The number of benzene rings is 17. The van der Waals surface area contributed by atoms with Crippen LogP contribution in [0.25, 0.3) is 77.5 Å². The van der Waals surface area contributed by atoms with Crippen molar-refractivity contribution >= 4 is 125 Å². The summed E-state index contributed by atoms with van der Waals surface area (Å²) in [6, 6.07) is 145. The minimum atomic E-state index is -0.0345. The van der Waals surface area contributed by atoms with Crippen LogP contribution in [0.3, 0.4) is 0 Å². The van der Waals surface area contributed by atoms with Gasteiger partial charge in [0, 0.05) is 68.2 Å². The van der Waals surface area contributed by atoms with E-state index in [2.05, 4.69) is 491 Å². The van der Waals surface area contributed by atoms with Crippen LogP contribution >= 0.6 is 0 Å². The Balaban J connectivity index is 0.000000156. The van der Waals surface area contributed by atoms with Crippen LogP contribution in [0.1, 0.15) is 105 Å². The Morgan fingerprint density at radius 2 is 0.393 bits per heavy atom. The summed E-state index contributed by atoms with van der Waals surface area (Å²) >= 11 is 0. The quantitative estimate of drug-likeness (QED) is 0.127. The molecular weight excluding hydrogens is 1470 g/mol. The van der Waals surface area contributed by atoms with E-state index in [1.54, 1.807) is 0 Å². The molecular formula is C116H100B2N4. The first-order valence-corrected chi connectivity index (χ1v) is 43.3. The zero-order chi connectivity index (χ0) is 83.5. The van der Waals surface area contributed by atoms with Gasteiger partial charge < -0.3 is 19.6 Å². The highest BCUT2D eigenvalue weighted by molar-refractivity contribution is 7.01. The first-order chi connectivity index (χ1) is 59.0. The monoisotopic (exact) mass is 1570 g/mol. The normalized spacial score (nSPS) is 13.1. The molecule has 17 aromatic rings. The van der Waals surface area contributed by atoms with Crippen LogP contribution in [0.15, 0.2) is 388 Å². The maximum Gasteiger partial charge on any atom is 0.252 e. The van der Waals surface area contributed by atoms with E-state index in [4.69, 9.17) is 0 Å². The van der Waals surface area contributed by atoms with E-state index >= 15 is 0 Å². The molecule has 21 rings (SSSR count). The summed E-state index contributed by atoms with van der Waals surface area (Å²) in [6.45, 7) is 27.7. The Hall–Kier alpha value is -13.7. The lowest BCUT2D eigenvalue weighted by Gasteiger charge is -2.45. The summed E-state index contributed by atoms with van der Waals surface area (Å²) in [5, 5.41) is 2.48. The molecule has 0 N–H and O–H groups in total. The number of anilines is 12. The molecule has 0 bridgehead atoms. The summed E-state index contributed by atoms with van der Waals surface area (Å²) in [4.78, 5) is 10.2. The van der Waals surface area contributed by atoms with E-state index in [1.165, 1.54) is 178 Å². The molecule has 0 fully saturated rings. The zero-order valence-electron chi connectivity index (χ0n) is 71.9. The molecule has 0 radical (unpaired) electrons. The number of hydrogen-bond donors (Lipinski definition) is 0. The molecule has 4 nitrogen and oxygen atoms in total. The molecule has 0 atom stereocenters. The highest BCUT2D eigenvalue weighted by Crippen LogP contribution is 2.51.